The third-order valence-electron chi connectivity index (χ3n) is 4.57. The Kier molecular flexibility index (Phi) is 5.58. The van der Waals surface area contributed by atoms with Crippen molar-refractivity contribution in [3.63, 3.8) is 0 Å². The number of anilines is 1. The first kappa shape index (κ1) is 18.8. The van der Waals surface area contributed by atoms with E-state index in [1.165, 1.54) is 4.68 Å². The van der Waals surface area contributed by atoms with Gasteiger partial charge in [-0.15, -0.1) is 0 Å². The number of amides is 1. The second kappa shape index (κ2) is 7.72. The quantitative estimate of drug-likeness (QED) is 0.821. The summed E-state index contributed by atoms with van der Waals surface area (Å²) in [7, 11) is 0. The maximum absolute atomic E-state index is 13.3. The highest BCUT2D eigenvalue weighted by molar-refractivity contribution is 6.30. The van der Waals surface area contributed by atoms with Gasteiger partial charge in [0.15, 0.2) is 0 Å². The summed E-state index contributed by atoms with van der Waals surface area (Å²) in [6.45, 7) is 0.0756. The van der Waals surface area contributed by atoms with Gasteiger partial charge in [0, 0.05) is 35.4 Å². The van der Waals surface area contributed by atoms with E-state index in [0.29, 0.717) is 16.5 Å². The highest BCUT2D eigenvalue weighted by Crippen LogP contribution is 2.36. The first-order valence-electron chi connectivity index (χ1n) is 8.51. The third kappa shape index (κ3) is 4.40. The van der Waals surface area contributed by atoms with E-state index in [-0.39, 0.29) is 44.7 Å². The molecule has 0 atom stereocenters. The minimum absolute atomic E-state index is 0.139. The van der Waals surface area contributed by atoms with Gasteiger partial charge >= 0.3 is 0 Å². The molecule has 1 amide bonds. The maximum Gasteiger partial charge on any atom is 0.248 e. The summed E-state index contributed by atoms with van der Waals surface area (Å²) < 4.78 is 28.0. The van der Waals surface area contributed by atoms with E-state index < -0.39 is 11.8 Å². The number of alkyl halides is 2. The van der Waals surface area contributed by atoms with Crippen molar-refractivity contribution >= 4 is 23.3 Å². The van der Waals surface area contributed by atoms with Crippen LogP contribution in [0.4, 0.5) is 14.6 Å². The number of halogens is 3. The van der Waals surface area contributed by atoms with Crippen LogP contribution >= 0.6 is 11.6 Å². The van der Waals surface area contributed by atoms with Crippen molar-refractivity contribution < 1.29 is 18.7 Å². The summed E-state index contributed by atoms with van der Waals surface area (Å²) in [6.07, 6.45) is -0.206. The van der Waals surface area contributed by atoms with Crippen LogP contribution in [0.1, 0.15) is 25.7 Å². The number of aliphatic hydroxyl groups is 1. The van der Waals surface area contributed by atoms with Gasteiger partial charge in [0.1, 0.15) is 5.82 Å². The molecule has 1 saturated carbocycles. The van der Waals surface area contributed by atoms with Crippen molar-refractivity contribution in [1.82, 2.24) is 9.78 Å². The van der Waals surface area contributed by atoms with Crippen LogP contribution in [0, 0.1) is 5.92 Å². The molecule has 1 aromatic heterocycles. The molecule has 0 bridgehead atoms. The lowest BCUT2D eigenvalue weighted by atomic mass is 9.86. The number of aromatic nitrogens is 2. The molecular formula is C18H20ClF2N3O2. The molecule has 1 fully saturated rings. The maximum atomic E-state index is 13.3. The molecule has 1 aliphatic carbocycles. The zero-order valence-electron chi connectivity index (χ0n) is 14.1. The highest BCUT2D eigenvalue weighted by atomic mass is 35.5. The van der Waals surface area contributed by atoms with Gasteiger partial charge in [0.25, 0.3) is 0 Å². The van der Waals surface area contributed by atoms with Crippen LogP contribution < -0.4 is 5.32 Å². The SMILES string of the molecule is O=C(Nc1cc(-c2ccc(Cl)cc2)nn1CCO)C1CCC(F)(F)CC1. The zero-order chi connectivity index (χ0) is 18.7. The van der Waals surface area contributed by atoms with Crippen molar-refractivity contribution in [2.45, 2.75) is 38.2 Å². The number of hydrogen-bond acceptors (Lipinski definition) is 3. The smallest absolute Gasteiger partial charge is 0.248 e. The molecule has 140 valence electrons. The molecule has 8 heteroatoms. The van der Waals surface area contributed by atoms with Crippen molar-refractivity contribution in [1.29, 1.82) is 0 Å². The van der Waals surface area contributed by atoms with Crippen molar-refractivity contribution in [3.05, 3.63) is 35.4 Å². The van der Waals surface area contributed by atoms with E-state index in [0.717, 1.165) is 5.56 Å². The van der Waals surface area contributed by atoms with Crippen molar-refractivity contribution in [2.24, 2.45) is 5.92 Å². The molecule has 3 rings (SSSR count). The molecule has 0 radical (unpaired) electrons. The van der Waals surface area contributed by atoms with Gasteiger partial charge in [-0.25, -0.2) is 13.5 Å². The number of benzene rings is 1. The van der Waals surface area contributed by atoms with Gasteiger partial charge in [-0.3, -0.25) is 4.79 Å². The molecule has 1 aliphatic rings. The van der Waals surface area contributed by atoms with E-state index in [4.69, 9.17) is 11.6 Å². The second-order valence-corrected chi connectivity index (χ2v) is 6.92. The van der Waals surface area contributed by atoms with E-state index in [1.807, 2.05) is 12.1 Å². The Morgan fingerprint density at radius 3 is 2.58 bits per heavy atom. The average Bonchev–Trinajstić information content (AvgIpc) is 2.98. The number of aliphatic hydroxyl groups excluding tert-OH is 1. The number of nitrogens with zero attached hydrogens (tertiary/aromatic N) is 2. The molecule has 26 heavy (non-hydrogen) atoms. The van der Waals surface area contributed by atoms with Gasteiger partial charge in [-0.1, -0.05) is 23.7 Å². The normalized spacial score (nSPS) is 17.2. The molecule has 0 spiro atoms. The number of hydrogen-bond donors (Lipinski definition) is 2. The largest absolute Gasteiger partial charge is 0.394 e. The van der Waals surface area contributed by atoms with Crippen LogP contribution in [-0.4, -0.2) is 33.3 Å². The molecular weight excluding hydrogens is 364 g/mol. The fraction of sp³-hybridized carbons (Fsp3) is 0.444. The predicted octanol–water partition coefficient (Wildman–Crippen LogP) is 3.96. The molecule has 0 aliphatic heterocycles. The summed E-state index contributed by atoms with van der Waals surface area (Å²) in [6, 6.07) is 8.80. The number of carbonyl (C=O) groups excluding carboxylic acids is 1. The third-order valence-corrected chi connectivity index (χ3v) is 4.82. The Labute approximate surface area is 155 Å². The van der Waals surface area contributed by atoms with E-state index in [9.17, 15) is 18.7 Å². The zero-order valence-corrected chi connectivity index (χ0v) is 14.8. The Morgan fingerprint density at radius 2 is 1.96 bits per heavy atom. The van der Waals surface area contributed by atoms with Crippen LogP contribution in [0.15, 0.2) is 30.3 Å². The predicted molar refractivity (Wildman–Crippen MR) is 95.3 cm³/mol. The van der Waals surface area contributed by atoms with E-state index in [2.05, 4.69) is 10.4 Å². The topological polar surface area (TPSA) is 67.2 Å². The number of rotatable bonds is 5. The average molecular weight is 384 g/mol. The molecule has 0 unspecified atom stereocenters. The molecule has 0 saturated heterocycles. The van der Waals surface area contributed by atoms with Crippen LogP contribution in [0.25, 0.3) is 11.3 Å². The lowest BCUT2D eigenvalue weighted by Crippen LogP contribution is -2.32. The van der Waals surface area contributed by atoms with Gasteiger partial charge in [0.2, 0.25) is 11.8 Å². The lowest BCUT2D eigenvalue weighted by Gasteiger charge is -2.27. The van der Waals surface area contributed by atoms with Gasteiger partial charge in [-0.05, 0) is 25.0 Å². The number of carbonyl (C=O) groups is 1. The minimum atomic E-state index is -2.67. The molecule has 1 aromatic carbocycles. The molecule has 1 heterocycles. The number of nitrogens with one attached hydrogen (secondary N) is 1. The molecule has 2 N–H and O–H groups in total. The van der Waals surface area contributed by atoms with Crippen LogP contribution in [0.5, 0.6) is 0 Å². The van der Waals surface area contributed by atoms with Gasteiger partial charge < -0.3 is 10.4 Å². The van der Waals surface area contributed by atoms with Crippen molar-refractivity contribution in [3.8, 4) is 11.3 Å². The first-order valence-corrected chi connectivity index (χ1v) is 8.89. The van der Waals surface area contributed by atoms with Crippen LogP contribution in [0.3, 0.4) is 0 Å². The lowest BCUT2D eigenvalue weighted by molar-refractivity contribution is -0.124. The Balaban J connectivity index is 1.76. The van der Waals surface area contributed by atoms with Crippen LogP contribution in [-0.2, 0) is 11.3 Å². The minimum Gasteiger partial charge on any atom is -0.394 e. The monoisotopic (exact) mass is 383 g/mol. The van der Waals surface area contributed by atoms with Crippen molar-refractivity contribution in [2.75, 3.05) is 11.9 Å². The van der Waals surface area contributed by atoms with E-state index >= 15 is 0 Å². The molecule has 5 nitrogen and oxygen atoms in total. The van der Waals surface area contributed by atoms with Crippen LogP contribution in [0.2, 0.25) is 5.02 Å². The molecule has 2 aromatic rings. The first-order chi connectivity index (χ1) is 12.4. The second-order valence-electron chi connectivity index (χ2n) is 6.49. The van der Waals surface area contributed by atoms with E-state index in [1.54, 1.807) is 18.2 Å². The van der Waals surface area contributed by atoms with Gasteiger partial charge in [-0.2, -0.15) is 5.10 Å². The highest BCUT2D eigenvalue weighted by Gasteiger charge is 2.37. The Bertz CT molecular complexity index is 767. The summed E-state index contributed by atoms with van der Waals surface area (Å²) in [5, 5.41) is 17.0. The fourth-order valence-electron chi connectivity index (χ4n) is 3.07. The summed E-state index contributed by atoms with van der Waals surface area (Å²) in [5.74, 6) is -2.96. The summed E-state index contributed by atoms with van der Waals surface area (Å²) in [5.41, 5.74) is 1.44. The summed E-state index contributed by atoms with van der Waals surface area (Å²) in [4.78, 5) is 12.4. The standard InChI is InChI=1S/C18H20ClF2N3O2/c19-14-3-1-12(2-4-14)15-11-16(24(23-15)9-10-25)22-17(26)13-5-7-18(20,21)8-6-13/h1-4,11,13,25H,5-10H2,(H,22,26). The fourth-order valence-corrected chi connectivity index (χ4v) is 3.20. The summed E-state index contributed by atoms with van der Waals surface area (Å²) >= 11 is 5.89. The Morgan fingerprint density at radius 1 is 1.31 bits per heavy atom. The Hall–Kier alpha value is -1.99. The van der Waals surface area contributed by atoms with Gasteiger partial charge in [0.05, 0.1) is 18.8 Å².